The van der Waals surface area contributed by atoms with Crippen LogP contribution in [-0.4, -0.2) is 27.5 Å². The van der Waals surface area contributed by atoms with E-state index in [0.717, 1.165) is 24.0 Å². The topological polar surface area (TPSA) is 75.7 Å². The van der Waals surface area contributed by atoms with E-state index >= 15 is 0 Å². The molecule has 33 heavy (non-hydrogen) atoms. The summed E-state index contributed by atoms with van der Waals surface area (Å²) in [4.78, 5) is 12.2. The SMILES string of the molecule is O=C(COc1ccc(S(=O)(=O)N2CCCc3ccccc32)cc1Cl)NCc1ccc(Cl)cc1. The molecule has 172 valence electrons. The van der Waals surface area contributed by atoms with Gasteiger partial charge in [-0.2, -0.15) is 0 Å². The highest BCUT2D eigenvalue weighted by atomic mass is 35.5. The molecule has 9 heteroatoms. The summed E-state index contributed by atoms with van der Waals surface area (Å²) >= 11 is 12.1. The zero-order chi connectivity index (χ0) is 23.4. The number of anilines is 1. The number of amides is 1. The number of halogens is 2. The lowest BCUT2D eigenvalue weighted by molar-refractivity contribution is -0.123. The first-order valence-electron chi connectivity index (χ1n) is 10.4. The largest absolute Gasteiger partial charge is 0.482 e. The number of sulfonamides is 1. The molecule has 0 fully saturated rings. The molecule has 0 aromatic heterocycles. The summed E-state index contributed by atoms with van der Waals surface area (Å²) in [6.45, 7) is 0.490. The number of carbonyl (C=O) groups is 1. The first kappa shape index (κ1) is 23.4. The second-order valence-electron chi connectivity index (χ2n) is 7.59. The van der Waals surface area contributed by atoms with Crippen LogP contribution in [0.2, 0.25) is 10.0 Å². The quantitative estimate of drug-likeness (QED) is 0.499. The Morgan fingerprint density at radius 2 is 1.79 bits per heavy atom. The predicted molar refractivity (Wildman–Crippen MR) is 130 cm³/mol. The first-order chi connectivity index (χ1) is 15.8. The number of para-hydroxylation sites is 1. The van der Waals surface area contributed by atoms with Crippen LogP contribution in [0.25, 0.3) is 0 Å². The number of hydrogen-bond donors (Lipinski definition) is 1. The average Bonchev–Trinajstić information content (AvgIpc) is 2.82. The fourth-order valence-electron chi connectivity index (χ4n) is 3.63. The van der Waals surface area contributed by atoms with Crippen LogP contribution in [0.3, 0.4) is 0 Å². The Labute approximate surface area is 203 Å². The van der Waals surface area contributed by atoms with Crippen molar-refractivity contribution in [2.24, 2.45) is 0 Å². The number of aryl methyl sites for hydroxylation is 1. The lowest BCUT2D eigenvalue weighted by Gasteiger charge is -2.30. The second-order valence-corrected chi connectivity index (χ2v) is 10.3. The number of nitrogens with zero attached hydrogens (tertiary/aromatic N) is 1. The third-order valence-electron chi connectivity index (χ3n) is 5.32. The van der Waals surface area contributed by atoms with Gasteiger partial charge >= 0.3 is 0 Å². The molecule has 0 saturated heterocycles. The van der Waals surface area contributed by atoms with Crippen molar-refractivity contribution in [1.29, 1.82) is 0 Å². The van der Waals surface area contributed by atoms with Gasteiger partial charge in [0.1, 0.15) is 5.75 Å². The van der Waals surface area contributed by atoms with Crippen molar-refractivity contribution in [3.8, 4) is 5.75 Å². The van der Waals surface area contributed by atoms with Crippen molar-refractivity contribution in [2.45, 2.75) is 24.3 Å². The molecule has 1 aliphatic heterocycles. The lowest BCUT2D eigenvalue weighted by atomic mass is 10.0. The first-order valence-corrected chi connectivity index (χ1v) is 12.6. The number of rotatable bonds is 7. The third-order valence-corrected chi connectivity index (χ3v) is 7.68. The fraction of sp³-hybridized carbons (Fsp3) is 0.208. The van der Waals surface area contributed by atoms with Gasteiger partial charge in [0.15, 0.2) is 6.61 Å². The number of fused-ring (bicyclic) bond motifs is 1. The molecule has 0 saturated carbocycles. The number of benzene rings is 3. The van der Waals surface area contributed by atoms with Gasteiger partial charge < -0.3 is 10.1 Å². The van der Waals surface area contributed by atoms with Crippen molar-refractivity contribution in [3.05, 3.63) is 87.9 Å². The van der Waals surface area contributed by atoms with E-state index in [1.807, 2.05) is 36.4 Å². The van der Waals surface area contributed by atoms with Gasteiger partial charge in [-0.3, -0.25) is 9.10 Å². The lowest BCUT2D eigenvalue weighted by Crippen LogP contribution is -2.35. The molecule has 1 N–H and O–H groups in total. The highest BCUT2D eigenvalue weighted by Crippen LogP contribution is 2.34. The Balaban J connectivity index is 1.41. The molecule has 0 unspecified atom stereocenters. The zero-order valence-corrected chi connectivity index (χ0v) is 20.0. The Hall–Kier alpha value is -2.74. The highest BCUT2D eigenvalue weighted by Gasteiger charge is 2.29. The molecular weight excluding hydrogens is 483 g/mol. The summed E-state index contributed by atoms with van der Waals surface area (Å²) in [5, 5.41) is 3.48. The zero-order valence-electron chi connectivity index (χ0n) is 17.6. The van der Waals surface area contributed by atoms with Crippen LogP contribution < -0.4 is 14.4 Å². The van der Waals surface area contributed by atoms with E-state index < -0.39 is 10.0 Å². The minimum Gasteiger partial charge on any atom is -0.482 e. The molecule has 1 heterocycles. The van der Waals surface area contributed by atoms with Gasteiger partial charge in [-0.15, -0.1) is 0 Å². The van der Waals surface area contributed by atoms with E-state index in [0.29, 0.717) is 23.8 Å². The van der Waals surface area contributed by atoms with Gasteiger partial charge in [-0.1, -0.05) is 53.5 Å². The monoisotopic (exact) mass is 504 g/mol. The molecule has 0 atom stereocenters. The molecule has 3 aromatic rings. The summed E-state index contributed by atoms with van der Waals surface area (Å²) in [5.41, 5.74) is 2.60. The summed E-state index contributed by atoms with van der Waals surface area (Å²) in [6, 6.07) is 18.9. The van der Waals surface area contributed by atoms with Crippen molar-refractivity contribution in [2.75, 3.05) is 17.5 Å². The number of nitrogens with one attached hydrogen (secondary N) is 1. The molecule has 4 rings (SSSR count). The van der Waals surface area contributed by atoms with Crippen LogP contribution in [0, 0.1) is 0 Å². The average molecular weight is 505 g/mol. The maximum Gasteiger partial charge on any atom is 0.264 e. The Morgan fingerprint density at radius 3 is 2.55 bits per heavy atom. The smallest absolute Gasteiger partial charge is 0.264 e. The van der Waals surface area contributed by atoms with Crippen LogP contribution >= 0.6 is 23.2 Å². The standard InChI is InChI=1S/C24H22Cl2N2O4S/c25-19-9-7-17(8-10-19)15-27-24(29)16-32-23-12-11-20(14-21(23)26)33(30,31)28-13-3-5-18-4-1-2-6-22(18)28/h1-2,4,6-12,14H,3,5,13,15-16H2,(H,27,29). The van der Waals surface area contributed by atoms with E-state index in [1.165, 1.54) is 22.5 Å². The normalized spacial score (nSPS) is 13.3. The predicted octanol–water partition coefficient (Wildman–Crippen LogP) is 4.83. The molecule has 6 nitrogen and oxygen atoms in total. The fourth-order valence-corrected chi connectivity index (χ4v) is 5.63. The van der Waals surface area contributed by atoms with Crippen LogP contribution in [0.4, 0.5) is 5.69 Å². The molecule has 0 radical (unpaired) electrons. The Bertz CT molecular complexity index is 1260. The van der Waals surface area contributed by atoms with E-state index in [4.69, 9.17) is 27.9 Å². The number of hydrogen-bond acceptors (Lipinski definition) is 4. The van der Waals surface area contributed by atoms with Crippen LogP contribution in [-0.2, 0) is 27.8 Å². The summed E-state index contributed by atoms with van der Waals surface area (Å²) in [5.74, 6) is -0.0982. The van der Waals surface area contributed by atoms with Crippen molar-refractivity contribution in [3.63, 3.8) is 0 Å². The van der Waals surface area contributed by atoms with Gasteiger partial charge in [0.25, 0.3) is 15.9 Å². The summed E-state index contributed by atoms with van der Waals surface area (Å²) in [6.07, 6.45) is 1.59. The van der Waals surface area contributed by atoms with Crippen molar-refractivity contribution >= 4 is 44.8 Å². The van der Waals surface area contributed by atoms with E-state index in [2.05, 4.69) is 5.32 Å². The molecule has 1 amide bonds. The summed E-state index contributed by atoms with van der Waals surface area (Å²) < 4.78 is 33.5. The Kier molecular flexibility index (Phi) is 7.12. The van der Waals surface area contributed by atoms with Crippen LogP contribution in [0.1, 0.15) is 17.5 Å². The van der Waals surface area contributed by atoms with Gasteiger partial charge in [-0.25, -0.2) is 8.42 Å². The minimum absolute atomic E-state index is 0.0729. The maximum atomic E-state index is 13.3. The summed E-state index contributed by atoms with van der Waals surface area (Å²) in [7, 11) is -3.78. The molecule has 0 spiro atoms. The molecule has 1 aliphatic rings. The Morgan fingerprint density at radius 1 is 1.03 bits per heavy atom. The van der Waals surface area contributed by atoms with Gasteiger partial charge in [0.05, 0.1) is 15.6 Å². The third kappa shape index (κ3) is 5.43. The minimum atomic E-state index is -3.78. The molecule has 3 aromatic carbocycles. The number of ether oxygens (including phenoxy) is 1. The van der Waals surface area contributed by atoms with Gasteiger partial charge in [0.2, 0.25) is 0 Å². The molecular formula is C24H22Cl2N2O4S. The van der Waals surface area contributed by atoms with Crippen LogP contribution in [0.5, 0.6) is 5.75 Å². The van der Waals surface area contributed by atoms with Gasteiger partial charge in [0, 0.05) is 18.1 Å². The van der Waals surface area contributed by atoms with Crippen LogP contribution in [0.15, 0.2) is 71.6 Å². The van der Waals surface area contributed by atoms with E-state index in [9.17, 15) is 13.2 Å². The van der Waals surface area contributed by atoms with Crippen molar-refractivity contribution < 1.29 is 17.9 Å². The van der Waals surface area contributed by atoms with Crippen molar-refractivity contribution in [1.82, 2.24) is 5.32 Å². The van der Waals surface area contributed by atoms with Gasteiger partial charge in [-0.05, 0) is 60.4 Å². The molecule has 0 bridgehead atoms. The van der Waals surface area contributed by atoms with E-state index in [1.54, 1.807) is 12.1 Å². The van der Waals surface area contributed by atoms with E-state index in [-0.39, 0.29) is 28.2 Å². The molecule has 0 aliphatic carbocycles. The second kappa shape index (κ2) is 10.0. The maximum absolute atomic E-state index is 13.3. The number of carbonyl (C=O) groups excluding carboxylic acids is 1. The highest BCUT2D eigenvalue weighted by molar-refractivity contribution is 7.92.